The molecule has 0 spiro atoms. The molecule has 7 heteroatoms. The van der Waals surface area contributed by atoms with Gasteiger partial charge >= 0.3 is 12.1 Å². The smallest absolute Gasteiger partial charge is 0.420 e. The van der Waals surface area contributed by atoms with Crippen LogP contribution in [0.25, 0.3) is 0 Å². The minimum Gasteiger partial charge on any atom is -0.477 e. The largest absolute Gasteiger partial charge is 0.477 e. The summed E-state index contributed by atoms with van der Waals surface area (Å²) < 4.78 is 11.6. The van der Waals surface area contributed by atoms with E-state index in [-0.39, 0.29) is 11.8 Å². The standard InChI is InChI=1S/C14H20N2O5/c1-14(2,3)21-13(19)16-10(12(17)18)6-8-5-9(20-4)7-15-11(8)16/h6,9,15H,5,7H2,1-4H3,(H,17,18)/t9-/m1/s1. The number of ether oxygens (including phenoxy) is 2. The second-order valence-electron chi connectivity index (χ2n) is 5.97. The average Bonchev–Trinajstić information content (AvgIpc) is 2.74. The zero-order chi connectivity index (χ0) is 15.8. The number of rotatable bonds is 2. The van der Waals surface area contributed by atoms with Crippen molar-refractivity contribution in [1.82, 2.24) is 4.57 Å². The molecule has 7 nitrogen and oxygen atoms in total. The van der Waals surface area contributed by atoms with Gasteiger partial charge in [0.15, 0.2) is 0 Å². The molecule has 2 N–H and O–H groups in total. The molecule has 1 aromatic heterocycles. The van der Waals surface area contributed by atoms with Gasteiger partial charge in [0.25, 0.3) is 0 Å². The number of hydrogen-bond acceptors (Lipinski definition) is 5. The molecule has 1 atom stereocenters. The van der Waals surface area contributed by atoms with Gasteiger partial charge in [-0.15, -0.1) is 0 Å². The molecular formula is C14H20N2O5. The molecule has 0 aliphatic carbocycles. The Labute approximate surface area is 122 Å². The highest BCUT2D eigenvalue weighted by molar-refractivity contribution is 5.94. The average molecular weight is 296 g/mol. The number of anilines is 1. The van der Waals surface area contributed by atoms with Crippen LogP contribution in [0, 0.1) is 0 Å². The highest BCUT2D eigenvalue weighted by Gasteiger charge is 2.31. The SMILES string of the molecule is CO[C@H]1CNc2c(cc(C(=O)O)n2C(=O)OC(C)(C)C)C1. The van der Waals surface area contributed by atoms with E-state index >= 15 is 0 Å². The maximum atomic E-state index is 12.3. The summed E-state index contributed by atoms with van der Waals surface area (Å²) in [6, 6.07) is 1.49. The number of aromatic carboxylic acids is 1. The van der Waals surface area contributed by atoms with Gasteiger partial charge in [-0.05, 0) is 32.4 Å². The number of nitrogens with zero attached hydrogens (tertiary/aromatic N) is 1. The summed E-state index contributed by atoms with van der Waals surface area (Å²) in [5, 5.41) is 12.3. The molecule has 1 aliphatic heterocycles. The Morgan fingerprint density at radius 2 is 2.10 bits per heavy atom. The van der Waals surface area contributed by atoms with E-state index in [0.29, 0.717) is 18.8 Å². The summed E-state index contributed by atoms with van der Waals surface area (Å²) in [5.41, 5.74) is -0.0804. The van der Waals surface area contributed by atoms with Gasteiger partial charge in [-0.2, -0.15) is 0 Å². The van der Waals surface area contributed by atoms with Crippen molar-refractivity contribution >= 4 is 17.9 Å². The molecule has 21 heavy (non-hydrogen) atoms. The molecule has 1 aliphatic rings. The highest BCUT2D eigenvalue weighted by atomic mass is 16.6. The molecule has 0 saturated carbocycles. The van der Waals surface area contributed by atoms with Crippen molar-refractivity contribution in [3.05, 3.63) is 17.3 Å². The third kappa shape index (κ3) is 3.18. The first-order chi connectivity index (χ1) is 9.73. The van der Waals surface area contributed by atoms with Gasteiger partial charge in [-0.25, -0.2) is 14.2 Å². The second kappa shape index (κ2) is 5.40. The van der Waals surface area contributed by atoms with Crippen LogP contribution in [-0.2, 0) is 15.9 Å². The molecule has 0 bridgehead atoms. The number of hydrogen-bond donors (Lipinski definition) is 2. The van der Waals surface area contributed by atoms with Crippen LogP contribution in [0.5, 0.6) is 0 Å². The number of carbonyl (C=O) groups is 2. The Balaban J connectivity index is 2.42. The van der Waals surface area contributed by atoms with Crippen LogP contribution in [0.2, 0.25) is 0 Å². The summed E-state index contributed by atoms with van der Waals surface area (Å²) in [5.74, 6) is -0.707. The van der Waals surface area contributed by atoms with Gasteiger partial charge < -0.3 is 19.9 Å². The lowest BCUT2D eigenvalue weighted by Crippen LogP contribution is -2.33. The van der Waals surface area contributed by atoms with E-state index < -0.39 is 17.7 Å². The Hall–Kier alpha value is -2.02. The molecule has 0 unspecified atom stereocenters. The summed E-state index contributed by atoms with van der Waals surface area (Å²) in [6.07, 6.45) is -0.201. The monoisotopic (exact) mass is 296 g/mol. The van der Waals surface area contributed by atoms with E-state index in [4.69, 9.17) is 9.47 Å². The Kier molecular flexibility index (Phi) is 3.95. The molecule has 116 valence electrons. The molecule has 0 saturated heterocycles. The molecule has 0 amide bonds. The zero-order valence-corrected chi connectivity index (χ0v) is 12.6. The van der Waals surface area contributed by atoms with Crippen LogP contribution in [0.15, 0.2) is 6.07 Å². The minimum absolute atomic E-state index is 0.0476. The number of carboxylic acids is 1. The van der Waals surface area contributed by atoms with Gasteiger partial charge in [-0.3, -0.25) is 0 Å². The van der Waals surface area contributed by atoms with Crippen LogP contribution in [0.3, 0.4) is 0 Å². The van der Waals surface area contributed by atoms with E-state index in [9.17, 15) is 14.7 Å². The summed E-state index contributed by atoms with van der Waals surface area (Å²) in [4.78, 5) is 23.6. The number of fused-ring (bicyclic) bond motifs is 1. The van der Waals surface area contributed by atoms with Gasteiger partial charge in [0, 0.05) is 20.1 Å². The second-order valence-corrected chi connectivity index (χ2v) is 5.97. The van der Waals surface area contributed by atoms with Crippen LogP contribution in [0.1, 0.15) is 36.8 Å². The van der Waals surface area contributed by atoms with Crippen molar-refractivity contribution in [2.45, 2.75) is 38.9 Å². The van der Waals surface area contributed by atoms with E-state index in [1.165, 1.54) is 6.07 Å². The van der Waals surface area contributed by atoms with E-state index in [2.05, 4.69) is 5.32 Å². The van der Waals surface area contributed by atoms with Gasteiger partial charge in [-0.1, -0.05) is 0 Å². The lowest BCUT2D eigenvalue weighted by Gasteiger charge is -2.25. The fourth-order valence-corrected chi connectivity index (χ4v) is 2.26. The van der Waals surface area contributed by atoms with Gasteiger partial charge in [0.05, 0.1) is 6.10 Å². The van der Waals surface area contributed by atoms with Crippen LogP contribution >= 0.6 is 0 Å². The van der Waals surface area contributed by atoms with Gasteiger partial charge in [0.1, 0.15) is 17.1 Å². The molecule has 0 fully saturated rings. The first-order valence-corrected chi connectivity index (χ1v) is 6.71. The predicted octanol–water partition coefficient (Wildman–Crippen LogP) is 1.95. The fraction of sp³-hybridized carbons (Fsp3) is 0.571. The lowest BCUT2D eigenvalue weighted by atomic mass is 10.1. The predicted molar refractivity (Wildman–Crippen MR) is 76.0 cm³/mol. The van der Waals surface area contributed by atoms with E-state index in [1.807, 2.05) is 0 Å². The maximum absolute atomic E-state index is 12.3. The Morgan fingerprint density at radius 3 is 2.62 bits per heavy atom. The third-order valence-electron chi connectivity index (χ3n) is 3.15. The topological polar surface area (TPSA) is 89.8 Å². The lowest BCUT2D eigenvalue weighted by molar-refractivity contribution is 0.0507. The first-order valence-electron chi connectivity index (χ1n) is 6.71. The molecule has 1 aromatic rings. The van der Waals surface area contributed by atoms with Crippen molar-refractivity contribution in [2.75, 3.05) is 19.0 Å². The van der Waals surface area contributed by atoms with Crippen molar-refractivity contribution in [1.29, 1.82) is 0 Å². The molecule has 2 heterocycles. The quantitative estimate of drug-likeness (QED) is 0.867. The van der Waals surface area contributed by atoms with Gasteiger partial charge in [0.2, 0.25) is 0 Å². The van der Waals surface area contributed by atoms with Crippen molar-refractivity contribution in [3.63, 3.8) is 0 Å². The molecular weight excluding hydrogens is 276 g/mol. The maximum Gasteiger partial charge on any atom is 0.420 e. The van der Waals surface area contributed by atoms with Crippen LogP contribution in [-0.4, -0.2) is 47.1 Å². The van der Waals surface area contributed by atoms with Crippen molar-refractivity contribution < 1.29 is 24.2 Å². The number of carboxylic acid groups (broad SMARTS) is 1. The number of methoxy groups -OCH3 is 1. The van der Waals surface area contributed by atoms with E-state index in [1.54, 1.807) is 27.9 Å². The van der Waals surface area contributed by atoms with Crippen LogP contribution in [0.4, 0.5) is 10.6 Å². The molecule has 0 radical (unpaired) electrons. The highest BCUT2D eigenvalue weighted by Crippen LogP contribution is 2.28. The molecule has 2 rings (SSSR count). The van der Waals surface area contributed by atoms with E-state index in [0.717, 1.165) is 10.1 Å². The summed E-state index contributed by atoms with van der Waals surface area (Å²) >= 11 is 0. The zero-order valence-electron chi connectivity index (χ0n) is 12.6. The van der Waals surface area contributed by atoms with Crippen LogP contribution < -0.4 is 5.32 Å². The summed E-state index contributed by atoms with van der Waals surface area (Å²) in [7, 11) is 1.60. The third-order valence-corrected chi connectivity index (χ3v) is 3.15. The fourth-order valence-electron chi connectivity index (χ4n) is 2.26. The number of aromatic nitrogens is 1. The molecule has 0 aromatic carbocycles. The Bertz CT molecular complexity index is 571. The number of carbonyl (C=O) groups excluding carboxylic acids is 1. The Morgan fingerprint density at radius 1 is 1.43 bits per heavy atom. The first kappa shape index (κ1) is 15.4. The summed E-state index contributed by atoms with van der Waals surface area (Å²) in [6.45, 7) is 5.70. The normalized spacial score (nSPS) is 17.8. The van der Waals surface area contributed by atoms with Crippen molar-refractivity contribution in [2.24, 2.45) is 0 Å². The minimum atomic E-state index is -1.17. The number of nitrogens with one attached hydrogen (secondary N) is 1. The van der Waals surface area contributed by atoms with Crippen molar-refractivity contribution in [3.8, 4) is 0 Å².